The van der Waals surface area contributed by atoms with E-state index >= 15 is 0 Å². The van der Waals surface area contributed by atoms with Gasteiger partial charge < -0.3 is 26.1 Å². The zero-order valence-electron chi connectivity index (χ0n) is 12.5. The van der Waals surface area contributed by atoms with Gasteiger partial charge in [-0.25, -0.2) is 4.79 Å². The van der Waals surface area contributed by atoms with E-state index in [0.717, 1.165) is 32.3 Å². The van der Waals surface area contributed by atoms with E-state index in [9.17, 15) is 4.79 Å². The molecule has 0 atom stereocenters. The zero-order valence-corrected chi connectivity index (χ0v) is 12.5. The number of nitrogens with zero attached hydrogens (tertiary/aromatic N) is 1. The van der Waals surface area contributed by atoms with E-state index in [1.54, 1.807) is 0 Å². The predicted octanol–water partition coefficient (Wildman–Crippen LogP) is 0.427. The van der Waals surface area contributed by atoms with Crippen LogP contribution in [-0.4, -0.2) is 57.5 Å². The second kappa shape index (κ2) is 21.2. The molecule has 2 amide bonds. The Bertz CT molecular complexity index is 177. The summed E-state index contributed by atoms with van der Waals surface area (Å²) in [5, 5.41) is 5.63. The van der Waals surface area contributed by atoms with Crippen LogP contribution in [0, 0.1) is 0 Å². The molecule has 0 bridgehead atoms. The van der Waals surface area contributed by atoms with Crippen molar-refractivity contribution in [2.75, 3.05) is 40.3 Å². The number of urea groups is 1. The Morgan fingerprint density at radius 2 is 1.78 bits per heavy atom. The van der Waals surface area contributed by atoms with Crippen molar-refractivity contribution < 1.29 is 9.59 Å². The number of hydrogen-bond acceptors (Lipinski definition) is 4. The molecule has 0 aromatic heterocycles. The Labute approximate surface area is 111 Å². The van der Waals surface area contributed by atoms with Crippen molar-refractivity contribution in [2.24, 2.45) is 5.73 Å². The highest BCUT2D eigenvalue weighted by molar-refractivity contribution is 5.71. The van der Waals surface area contributed by atoms with Crippen LogP contribution in [0.4, 0.5) is 4.79 Å². The number of primary amides is 1. The highest BCUT2D eigenvalue weighted by atomic mass is 16.2. The third kappa shape index (κ3) is 29.4. The van der Waals surface area contributed by atoms with Gasteiger partial charge in [-0.05, 0) is 34.0 Å². The molecule has 0 unspecified atom stereocenters. The lowest BCUT2D eigenvalue weighted by molar-refractivity contribution is -0.106. The molecule has 4 N–H and O–H groups in total. The number of rotatable bonds is 7. The fourth-order valence-electron chi connectivity index (χ4n) is 0.975. The molecule has 0 heterocycles. The molecule has 0 aromatic rings. The van der Waals surface area contributed by atoms with E-state index in [-0.39, 0.29) is 0 Å². The molecular weight excluding hydrogens is 232 g/mol. The van der Waals surface area contributed by atoms with Gasteiger partial charge in [-0.15, -0.1) is 0 Å². The number of nitrogens with two attached hydrogens (primary N) is 1. The molecule has 0 rings (SSSR count). The smallest absolute Gasteiger partial charge is 0.312 e. The number of nitrogens with one attached hydrogen (secondary N) is 2. The molecule has 0 aliphatic carbocycles. The van der Waals surface area contributed by atoms with E-state index in [2.05, 4.69) is 22.6 Å². The largest absolute Gasteiger partial charge is 0.352 e. The van der Waals surface area contributed by atoms with E-state index < -0.39 is 6.03 Å². The molecule has 0 spiro atoms. The standard InChI is InChI=1S/C8H20N4O.C2H4O.C2H6/c1-10-5-7-12(2)6-3-4-11-8(9)13;1-2-3;1-2/h10H,3-7H2,1-2H3,(H3,9,11,13);2H,1H3;1-2H3. The van der Waals surface area contributed by atoms with Crippen molar-refractivity contribution in [2.45, 2.75) is 27.2 Å². The van der Waals surface area contributed by atoms with Crippen molar-refractivity contribution in [3.63, 3.8) is 0 Å². The maximum Gasteiger partial charge on any atom is 0.312 e. The Morgan fingerprint density at radius 3 is 2.17 bits per heavy atom. The molecule has 0 radical (unpaired) electrons. The topological polar surface area (TPSA) is 87.5 Å². The van der Waals surface area contributed by atoms with Gasteiger partial charge in [0.15, 0.2) is 0 Å². The Kier molecular flexibility index (Phi) is 26.0. The summed E-state index contributed by atoms with van der Waals surface area (Å²) < 4.78 is 0. The van der Waals surface area contributed by atoms with Gasteiger partial charge in [0.1, 0.15) is 6.29 Å². The summed E-state index contributed by atoms with van der Waals surface area (Å²) >= 11 is 0. The lowest BCUT2D eigenvalue weighted by atomic mass is 10.4. The van der Waals surface area contributed by atoms with Crippen molar-refractivity contribution in [3.8, 4) is 0 Å². The molecule has 0 aliphatic rings. The van der Waals surface area contributed by atoms with Crippen LogP contribution in [0.15, 0.2) is 0 Å². The third-order valence-electron chi connectivity index (χ3n) is 1.76. The van der Waals surface area contributed by atoms with Crippen LogP contribution in [0.5, 0.6) is 0 Å². The number of aldehydes is 1. The fourth-order valence-corrected chi connectivity index (χ4v) is 0.975. The second-order valence-corrected chi connectivity index (χ2v) is 3.29. The Morgan fingerprint density at radius 1 is 1.28 bits per heavy atom. The normalized spacial score (nSPS) is 8.56. The summed E-state index contributed by atoms with van der Waals surface area (Å²) in [7, 11) is 3.99. The number of hydrogen-bond donors (Lipinski definition) is 3. The summed E-state index contributed by atoms with van der Waals surface area (Å²) in [5.41, 5.74) is 4.92. The highest BCUT2D eigenvalue weighted by Crippen LogP contribution is 1.84. The van der Waals surface area contributed by atoms with Gasteiger partial charge >= 0.3 is 6.03 Å². The monoisotopic (exact) mass is 262 g/mol. The van der Waals surface area contributed by atoms with Gasteiger partial charge in [0.05, 0.1) is 0 Å². The molecule has 0 saturated carbocycles. The number of carbonyl (C=O) groups excluding carboxylic acids is 2. The van der Waals surface area contributed by atoms with Crippen molar-refractivity contribution >= 4 is 12.3 Å². The predicted molar refractivity (Wildman–Crippen MR) is 76.7 cm³/mol. The third-order valence-corrected chi connectivity index (χ3v) is 1.76. The lowest BCUT2D eigenvalue weighted by Crippen LogP contribution is -2.33. The van der Waals surface area contributed by atoms with Gasteiger partial charge in [-0.1, -0.05) is 13.8 Å². The first-order valence-corrected chi connectivity index (χ1v) is 6.34. The van der Waals surface area contributed by atoms with E-state index in [0.29, 0.717) is 6.54 Å². The average molecular weight is 262 g/mol. The summed E-state index contributed by atoms with van der Waals surface area (Å²) in [6.45, 7) is 9.08. The summed E-state index contributed by atoms with van der Waals surface area (Å²) in [6.07, 6.45) is 1.68. The van der Waals surface area contributed by atoms with Gasteiger partial charge in [-0.2, -0.15) is 0 Å². The minimum atomic E-state index is -0.446. The van der Waals surface area contributed by atoms with Crippen LogP contribution in [-0.2, 0) is 4.79 Å². The minimum absolute atomic E-state index is 0.446. The Balaban J connectivity index is -0.000000389. The fraction of sp³-hybridized carbons (Fsp3) is 0.833. The SMILES string of the molecule is CC.CC=O.CNCCN(C)CCCNC(N)=O. The molecule has 0 aliphatic heterocycles. The van der Waals surface area contributed by atoms with Crippen LogP contribution in [0.2, 0.25) is 0 Å². The van der Waals surface area contributed by atoms with Gasteiger partial charge in [-0.3, -0.25) is 0 Å². The lowest BCUT2D eigenvalue weighted by Gasteiger charge is -2.15. The number of likely N-dealkylation sites (N-methyl/N-ethyl adjacent to an activating group) is 2. The summed E-state index contributed by atoms with van der Waals surface area (Å²) in [6, 6.07) is -0.446. The highest BCUT2D eigenvalue weighted by Gasteiger charge is 1.97. The maximum atomic E-state index is 10.3. The molecule has 0 aromatic carbocycles. The second-order valence-electron chi connectivity index (χ2n) is 3.29. The van der Waals surface area contributed by atoms with Crippen molar-refractivity contribution in [1.29, 1.82) is 0 Å². The summed E-state index contributed by atoms with van der Waals surface area (Å²) in [4.78, 5) is 21.3. The molecule has 0 fully saturated rings. The molecular formula is C12H30N4O2. The van der Waals surface area contributed by atoms with E-state index in [4.69, 9.17) is 10.5 Å². The Hall–Kier alpha value is -1.14. The number of amides is 2. The summed E-state index contributed by atoms with van der Waals surface area (Å²) in [5.74, 6) is 0. The van der Waals surface area contributed by atoms with Crippen LogP contribution >= 0.6 is 0 Å². The quantitative estimate of drug-likeness (QED) is 0.458. The maximum absolute atomic E-state index is 10.3. The van der Waals surface area contributed by atoms with Crippen LogP contribution < -0.4 is 16.4 Å². The van der Waals surface area contributed by atoms with Crippen LogP contribution in [0.25, 0.3) is 0 Å². The van der Waals surface area contributed by atoms with Gasteiger partial charge in [0, 0.05) is 19.6 Å². The van der Waals surface area contributed by atoms with E-state index in [1.165, 1.54) is 6.92 Å². The van der Waals surface area contributed by atoms with Crippen molar-refractivity contribution in [1.82, 2.24) is 15.5 Å². The van der Waals surface area contributed by atoms with Gasteiger partial charge in [0.25, 0.3) is 0 Å². The minimum Gasteiger partial charge on any atom is -0.352 e. The molecule has 6 heteroatoms. The molecule has 110 valence electrons. The first kappa shape index (κ1) is 22.1. The average Bonchev–Trinajstić information content (AvgIpc) is 2.35. The molecule has 18 heavy (non-hydrogen) atoms. The van der Waals surface area contributed by atoms with Crippen LogP contribution in [0.3, 0.4) is 0 Å². The van der Waals surface area contributed by atoms with E-state index in [1.807, 2.05) is 20.9 Å². The first-order valence-electron chi connectivity index (χ1n) is 6.34. The van der Waals surface area contributed by atoms with Crippen LogP contribution in [0.1, 0.15) is 27.2 Å². The molecule has 0 saturated heterocycles. The van der Waals surface area contributed by atoms with Crippen molar-refractivity contribution in [3.05, 3.63) is 0 Å². The molecule has 6 nitrogen and oxygen atoms in total. The van der Waals surface area contributed by atoms with Gasteiger partial charge in [0.2, 0.25) is 0 Å². The zero-order chi connectivity index (χ0) is 14.8. The first-order chi connectivity index (χ1) is 8.58. The number of carbonyl (C=O) groups is 2.